The molecule has 2 N–H and O–H groups in total. The molecule has 10 heteroatoms. The number of hydrogen-bond acceptors (Lipinski definition) is 6. The highest BCUT2D eigenvalue weighted by Crippen LogP contribution is 2.34. The summed E-state index contributed by atoms with van der Waals surface area (Å²) < 4.78 is 42.5. The lowest BCUT2D eigenvalue weighted by Gasteiger charge is -2.37. The molecule has 3 heterocycles. The molecule has 2 aromatic heterocycles. The van der Waals surface area contributed by atoms with E-state index in [1.54, 1.807) is 10.9 Å². The van der Waals surface area contributed by atoms with Crippen LogP contribution in [-0.2, 0) is 6.54 Å². The lowest BCUT2D eigenvalue weighted by molar-refractivity contribution is -0.274. The quantitative estimate of drug-likeness (QED) is 0.739. The van der Waals surface area contributed by atoms with Gasteiger partial charge in [0.2, 0.25) is 0 Å². The van der Waals surface area contributed by atoms with Gasteiger partial charge >= 0.3 is 6.36 Å². The van der Waals surface area contributed by atoms with Gasteiger partial charge in [0.15, 0.2) is 5.65 Å². The minimum Gasteiger partial charge on any atom is -0.406 e. The number of ether oxygens (including phenoxy) is 1. The molecule has 7 nitrogen and oxygen atoms in total. The van der Waals surface area contributed by atoms with Crippen molar-refractivity contribution in [1.82, 2.24) is 14.8 Å². The smallest absolute Gasteiger partial charge is 0.406 e. The number of alkyl halides is 3. The highest BCUT2D eigenvalue weighted by atomic mass is 19.4. The molecule has 1 aliphatic heterocycles. The number of hydrogen-bond donors (Lipinski definition) is 1. The van der Waals surface area contributed by atoms with E-state index in [9.17, 15) is 13.2 Å². The molecule has 0 amide bonds. The normalized spacial score (nSPS) is 14.8. The second kappa shape index (κ2) is 6.69. The molecule has 28 heavy (non-hydrogen) atoms. The first-order valence-electron chi connectivity index (χ1n) is 8.47. The van der Waals surface area contributed by atoms with Crippen LogP contribution in [0, 0.1) is 17.2 Å². The van der Waals surface area contributed by atoms with Crippen molar-refractivity contribution in [3.8, 4) is 17.5 Å². The second-order valence-corrected chi connectivity index (χ2v) is 6.36. The average Bonchev–Trinajstić information content (AvgIpc) is 3.00. The van der Waals surface area contributed by atoms with E-state index in [0.29, 0.717) is 30.1 Å². The van der Waals surface area contributed by atoms with Gasteiger partial charge in [0, 0.05) is 25.8 Å². The maximum Gasteiger partial charge on any atom is 0.573 e. The largest absolute Gasteiger partial charge is 0.573 e. The Morgan fingerprint density at radius 3 is 2.54 bits per heavy atom. The molecule has 144 valence electrons. The fraction of sp³-hybridized carbons (Fsp3) is 0.278. The van der Waals surface area contributed by atoms with Gasteiger partial charge in [-0.25, -0.2) is 9.67 Å². The molecular weight excluding hydrogens is 373 g/mol. The van der Waals surface area contributed by atoms with Gasteiger partial charge in [-0.2, -0.15) is 10.4 Å². The number of fused-ring (bicyclic) bond motifs is 1. The standard InChI is InChI=1S/C18H15F3N6O/c19-18(20,21)28-13-3-1-12(2-4-13)27-17-16(14(8-23)25-27)15(5-6-24-17)26-9-11(7-22)10-26/h1-6,11H,8-10,23H2. The van der Waals surface area contributed by atoms with Crippen molar-refractivity contribution in [1.29, 1.82) is 5.26 Å². The number of pyridine rings is 1. The molecule has 1 aromatic carbocycles. The van der Waals surface area contributed by atoms with Crippen LogP contribution in [0.25, 0.3) is 16.7 Å². The van der Waals surface area contributed by atoms with Crippen molar-refractivity contribution >= 4 is 16.7 Å². The van der Waals surface area contributed by atoms with Crippen LogP contribution in [0.2, 0.25) is 0 Å². The predicted molar refractivity (Wildman–Crippen MR) is 94.8 cm³/mol. The summed E-state index contributed by atoms with van der Waals surface area (Å²) in [4.78, 5) is 6.45. The summed E-state index contributed by atoms with van der Waals surface area (Å²) >= 11 is 0. The maximum absolute atomic E-state index is 12.3. The Balaban J connectivity index is 1.74. The third kappa shape index (κ3) is 3.20. The van der Waals surface area contributed by atoms with Crippen LogP contribution in [0.15, 0.2) is 36.5 Å². The van der Waals surface area contributed by atoms with Crippen LogP contribution in [0.4, 0.5) is 18.9 Å². The number of rotatable bonds is 4. The molecule has 1 fully saturated rings. The zero-order valence-corrected chi connectivity index (χ0v) is 14.5. The average molecular weight is 388 g/mol. The van der Waals surface area contributed by atoms with E-state index in [1.165, 1.54) is 24.3 Å². The SMILES string of the molecule is N#CC1CN(c2ccnc3c2c(CN)nn3-c2ccc(OC(F)(F)F)cc2)C1. The van der Waals surface area contributed by atoms with Gasteiger partial charge in [0.05, 0.1) is 34.4 Å². The number of nitriles is 1. The molecule has 0 unspecified atom stereocenters. The van der Waals surface area contributed by atoms with Gasteiger partial charge in [-0.05, 0) is 30.3 Å². The van der Waals surface area contributed by atoms with Crippen LogP contribution in [-0.4, -0.2) is 34.2 Å². The minimum atomic E-state index is -4.75. The van der Waals surface area contributed by atoms with E-state index < -0.39 is 6.36 Å². The lowest BCUT2D eigenvalue weighted by Crippen LogP contribution is -2.46. The topological polar surface area (TPSA) is 93.0 Å². The molecule has 1 saturated heterocycles. The monoisotopic (exact) mass is 388 g/mol. The Morgan fingerprint density at radius 1 is 1.21 bits per heavy atom. The van der Waals surface area contributed by atoms with Crippen LogP contribution < -0.4 is 15.4 Å². The van der Waals surface area contributed by atoms with Crippen LogP contribution >= 0.6 is 0 Å². The summed E-state index contributed by atoms with van der Waals surface area (Å²) in [6, 6.07) is 9.46. The molecule has 0 radical (unpaired) electrons. The Morgan fingerprint density at radius 2 is 1.93 bits per heavy atom. The van der Waals surface area contributed by atoms with Gasteiger partial charge in [-0.1, -0.05) is 0 Å². The Labute approximate surface area is 157 Å². The van der Waals surface area contributed by atoms with Gasteiger partial charge in [0.1, 0.15) is 5.75 Å². The van der Waals surface area contributed by atoms with E-state index in [-0.39, 0.29) is 18.2 Å². The van der Waals surface area contributed by atoms with E-state index in [1.807, 2.05) is 6.07 Å². The summed E-state index contributed by atoms with van der Waals surface area (Å²) in [5.74, 6) is -0.329. The van der Waals surface area contributed by atoms with E-state index in [4.69, 9.17) is 11.0 Å². The van der Waals surface area contributed by atoms with Crippen molar-refractivity contribution in [3.05, 3.63) is 42.2 Å². The Kier molecular flexibility index (Phi) is 4.31. The number of halogens is 3. The van der Waals surface area contributed by atoms with Crippen molar-refractivity contribution in [2.24, 2.45) is 11.7 Å². The number of nitrogens with two attached hydrogens (primary N) is 1. The predicted octanol–water partition coefficient (Wildman–Crippen LogP) is 2.74. The third-order valence-corrected chi connectivity index (χ3v) is 4.53. The van der Waals surface area contributed by atoms with Crippen molar-refractivity contribution in [3.63, 3.8) is 0 Å². The molecule has 0 bridgehead atoms. The molecule has 0 saturated carbocycles. The second-order valence-electron chi connectivity index (χ2n) is 6.36. The zero-order valence-electron chi connectivity index (χ0n) is 14.5. The van der Waals surface area contributed by atoms with E-state index >= 15 is 0 Å². The molecule has 0 aliphatic carbocycles. The molecular formula is C18H15F3N6O. The van der Waals surface area contributed by atoms with Crippen LogP contribution in [0.5, 0.6) is 5.75 Å². The first-order chi connectivity index (χ1) is 13.4. The molecule has 1 aliphatic rings. The van der Waals surface area contributed by atoms with Crippen molar-refractivity contribution in [2.75, 3.05) is 18.0 Å². The molecule has 0 atom stereocenters. The summed E-state index contributed by atoms with van der Waals surface area (Å²) in [7, 11) is 0. The van der Waals surface area contributed by atoms with Crippen molar-refractivity contribution < 1.29 is 17.9 Å². The van der Waals surface area contributed by atoms with Gasteiger partial charge in [-0.3, -0.25) is 0 Å². The van der Waals surface area contributed by atoms with Gasteiger partial charge in [0.25, 0.3) is 0 Å². The Hall–Kier alpha value is -3.32. The summed E-state index contributed by atoms with van der Waals surface area (Å²) in [6.07, 6.45) is -3.11. The number of nitrogens with zero attached hydrogens (tertiary/aromatic N) is 5. The van der Waals surface area contributed by atoms with E-state index in [2.05, 4.69) is 25.8 Å². The number of aromatic nitrogens is 3. The fourth-order valence-electron chi connectivity index (χ4n) is 3.23. The van der Waals surface area contributed by atoms with Crippen LogP contribution in [0.1, 0.15) is 5.69 Å². The molecule has 4 rings (SSSR count). The fourth-order valence-corrected chi connectivity index (χ4v) is 3.23. The summed E-state index contributed by atoms with van der Waals surface area (Å²) in [6.45, 7) is 1.41. The van der Waals surface area contributed by atoms with Crippen molar-refractivity contribution in [2.45, 2.75) is 12.9 Å². The van der Waals surface area contributed by atoms with Gasteiger partial charge in [-0.15, -0.1) is 13.2 Å². The van der Waals surface area contributed by atoms with Crippen LogP contribution in [0.3, 0.4) is 0 Å². The lowest BCUT2D eigenvalue weighted by atomic mass is 10.0. The Bertz CT molecular complexity index is 1050. The first kappa shape index (κ1) is 18.1. The zero-order chi connectivity index (χ0) is 19.9. The number of anilines is 1. The maximum atomic E-state index is 12.3. The third-order valence-electron chi connectivity index (χ3n) is 4.53. The number of benzene rings is 1. The summed E-state index contributed by atoms with van der Waals surface area (Å²) in [5.41, 5.74) is 8.45. The summed E-state index contributed by atoms with van der Waals surface area (Å²) in [5, 5.41) is 14.3. The molecule has 0 spiro atoms. The highest BCUT2D eigenvalue weighted by Gasteiger charge is 2.31. The molecule has 3 aromatic rings. The van der Waals surface area contributed by atoms with Gasteiger partial charge < -0.3 is 15.4 Å². The van der Waals surface area contributed by atoms with E-state index in [0.717, 1.165) is 11.1 Å². The minimum absolute atomic E-state index is 0.0132. The first-order valence-corrected chi connectivity index (χ1v) is 8.47. The highest BCUT2D eigenvalue weighted by molar-refractivity contribution is 5.93.